The maximum absolute atomic E-state index is 13.3. The zero-order chi connectivity index (χ0) is 25.0. The van der Waals surface area contributed by atoms with Gasteiger partial charge in [0.05, 0.1) is 17.8 Å². The predicted octanol–water partition coefficient (Wildman–Crippen LogP) is 6.00. The lowest BCUT2D eigenvalue weighted by molar-refractivity contribution is -0.137. The van der Waals surface area contributed by atoms with E-state index in [2.05, 4.69) is 5.32 Å². The molecule has 1 heterocycles. The highest BCUT2D eigenvalue weighted by Crippen LogP contribution is 2.33. The average molecular weight is 474 g/mol. The molecule has 34 heavy (non-hydrogen) atoms. The van der Waals surface area contributed by atoms with E-state index in [4.69, 9.17) is 5.10 Å². The van der Waals surface area contributed by atoms with Crippen LogP contribution in [0.2, 0.25) is 0 Å². The molecule has 1 aromatic heterocycles. The number of nitrogens with one attached hydrogen (secondary N) is 1. The van der Waals surface area contributed by atoms with E-state index in [9.17, 15) is 18.0 Å². The molecule has 0 saturated carbocycles. The number of hydrogen-bond acceptors (Lipinski definition) is 3. The van der Waals surface area contributed by atoms with E-state index >= 15 is 0 Å². The molecule has 3 rings (SSSR count). The maximum Gasteiger partial charge on any atom is 0.416 e. The van der Waals surface area contributed by atoms with Crippen LogP contribution in [0.3, 0.4) is 0 Å². The van der Waals surface area contributed by atoms with Crippen molar-refractivity contribution in [1.82, 2.24) is 14.7 Å². The number of carbonyl (C=O) groups excluding carboxylic acids is 1. The van der Waals surface area contributed by atoms with E-state index in [0.29, 0.717) is 12.1 Å². The Kier molecular flexibility index (Phi) is 7.54. The van der Waals surface area contributed by atoms with Crippen molar-refractivity contribution in [2.24, 2.45) is 7.05 Å². The molecule has 0 bridgehead atoms. The van der Waals surface area contributed by atoms with Crippen molar-refractivity contribution in [2.45, 2.75) is 39.0 Å². The van der Waals surface area contributed by atoms with Crippen LogP contribution in [0.15, 0.2) is 54.6 Å². The smallest absolute Gasteiger partial charge is 0.363 e. The predicted molar refractivity (Wildman–Crippen MR) is 129 cm³/mol. The Labute approximate surface area is 198 Å². The molecular weight excluding hydrogens is 443 g/mol. The largest absolute Gasteiger partial charge is 0.416 e. The van der Waals surface area contributed by atoms with Crippen molar-refractivity contribution in [2.75, 3.05) is 24.3 Å². The number of rotatable bonds is 7. The van der Waals surface area contributed by atoms with Crippen molar-refractivity contribution in [3.63, 3.8) is 0 Å². The fraction of sp³-hybridized carbons (Fsp3) is 0.360. The molecule has 0 saturated heterocycles. The minimum atomic E-state index is -4.43. The Morgan fingerprint density at radius 2 is 1.71 bits per heavy atom. The molecule has 1 unspecified atom stereocenters. The van der Waals surface area contributed by atoms with Gasteiger partial charge in [-0.3, -0.25) is 4.68 Å². The third-order valence-corrected chi connectivity index (χ3v) is 5.76. The molecule has 3 aromatic rings. The van der Waals surface area contributed by atoms with Crippen LogP contribution in [-0.2, 0) is 19.8 Å². The molecule has 0 fully saturated rings. The molecule has 9 heteroatoms. The van der Waals surface area contributed by atoms with Gasteiger partial charge in [-0.25, -0.2) is 4.79 Å². The summed E-state index contributed by atoms with van der Waals surface area (Å²) in [4.78, 5) is 16.9. The number of anilines is 2. The Bertz CT molecular complexity index is 1110. The number of aromatic nitrogens is 2. The van der Waals surface area contributed by atoms with Gasteiger partial charge < -0.3 is 15.1 Å². The highest BCUT2D eigenvalue weighted by atomic mass is 19.4. The topological polar surface area (TPSA) is 53.4 Å². The van der Waals surface area contributed by atoms with Crippen LogP contribution in [0.25, 0.3) is 11.3 Å². The number of halogens is 3. The van der Waals surface area contributed by atoms with Gasteiger partial charge in [-0.05, 0) is 37.6 Å². The molecule has 182 valence electrons. The van der Waals surface area contributed by atoms with Crippen molar-refractivity contribution in [1.29, 1.82) is 0 Å². The number of alkyl halides is 3. The molecule has 1 atom stereocenters. The summed E-state index contributed by atoms with van der Waals surface area (Å²) in [6, 6.07) is 13.7. The fourth-order valence-corrected chi connectivity index (χ4v) is 3.85. The Morgan fingerprint density at radius 3 is 2.24 bits per heavy atom. The number of hydrogen-bond donors (Lipinski definition) is 1. The van der Waals surface area contributed by atoms with Crippen LogP contribution in [-0.4, -0.2) is 40.8 Å². The molecule has 2 amide bonds. The number of aryl methyl sites for hydroxylation is 1. The summed E-state index contributed by atoms with van der Waals surface area (Å²) in [5.74, 6) is 0.870. The van der Waals surface area contributed by atoms with E-state index in [1.165, 1.54) is 12.1 Å². The first-order chi connectivity index (χ1) is 16.0. The second-order valence-electron chi connectivity index (χ2n) is 8.43. The molecule has 0 aliphatic heterocycles. The molecule has 0 aliphatic carbocycles. The molecule has 6 nitrogen and oxygen atoms in total. The van der Waals surface area contributed by atoms with Crippen molar-refractivity contribution < 1.29 is 18.0 Å². The third-order valence-electron chi connectivity index (χ3n) is 5.76. The van der Waals surface area contributed by atoms with Gasteiger partial charge in [0.2, 0.25) is 0 Å². The highest BCUT2D eigenvalue weighted by molar-refractivity contribution is 5.90. The fourth-order valence-electron chi connectivity index (χ4n) is 3.85. The number of carbonyl (C=O) groups is 1. The minimum Gasteiger partial charge on any atom is -0.363 e. The lowest BCUT2D eigenvalue weighted by Crippen LogP contribution is -2.41. The van der Waals surface area contributed by atoms with Gasteiger partial charge in [0, 0.05) is 44.0 Å². The second-order valence-corrected chi connectivity index (χ2v) is 8.43. The van der Waals surface area contributed by atoms with E-state index in [1.54, 1.807) is 9.58 Å². The van der Waals surface area contributed by atoms with Gasteiger partial charge >= 0.3 is 12.2 Å². The first kappa shape index (κ1) is 25.1. The number of benzene rings is 2. The molecule has 0 aliphatic rings. The zero-order valence-corrected chi connectivity index (χ0v) is 20.0. The Morgan fingerprint density at radius 1 is 1.09 bits per heavy atom. The Hall–Kier alpha value is -3.49. The standard InChI is InChI=1S/C25H30F3N5O/c1-6-17(2)33(24(34)29-20-14-12-19(13-15-20)25(26,27)28)16-21-22(18-10-8-7-9-11-18)30-32(5)23(21)31(3)4/h7-15,17H,6,16H2,1-5H3,(H,29,34). The van der Waals surface area contributed by atoms with Crippen LogP contribution in [0.5, 0.6) is 0 Å². The molecule has 2 aromatic carbocycles. The molecular formula is C25H30F3N5O. The van der Waals surface area contributed by atoms with Gasteiger partial charge in [0.1, 0.15) is 5.82 Å². The SMILES string of the molecule is CCC(C)N(Cc1c(-c2ccccc2)nn(C)c1N(C)C)C(=O)Nc1ccc(C(F)(F)F)cc1. The first-order valence-electron chi connectivity index (χ1n) is 11.1. The van der Waals surface area contributed by atoms with Crippen LogP contribution in [0.1, 0.15) is 31.4 Å². The lowest BCUT2D eigenvalue weighted by atomic mass is 10.1. The summed E-state index contributed by atoms with van der Waals surface area (Å²) in [7, 11) is 5.71. The maximum atomic E-state index is 13.3. The first-order valence-corrected chi connectivity index (χ1v) is 11.1. The van der Waals surface area contributed by atoms with Crippen molar-refractivity contribution >= 4 is 17.5 Å². The molecule has 1 N–H and O–H groups in total. The van der Waals surface area contributed by atoms with E-state index < -0.39 is 11.7 Å². The van der Waals surface area contributed by atoms with Crippen molar-refractivity contribution in [3.8, 4) is 11.3 Å². The number of nitrogens with zero attached hydrogens (tertiary/aromatic N) is 4. The third kappa shape index (κ3) is 5.52. The van der Waals surface area contributed by atoms with Crippen LogP contribution < -0.4 is 10.2 Å². The van der Waals surface area contributed by atoms with Gasteiger partial charge in [-0.15, -0.1) is 0 Å². The van der Waals surface area contributed by atoms with Gasteiger partial charge in [0.25, 0.3) is 0 Å². The monoisotopic (exact) mass is 473 g/mol. The molecule has 0 radical (unpaired) electrons. The Balaban J connectivity index is 1.95. The number of amides is 2. The summed E-state index contributed by atoms with van der Waals surface area (Å²) < 4.78 is 40.4. The summed E-state index contributed by atoms with van der Waals surface area (Å²) in [6.45, 7) is 4.21. The van der Waals surface area contributed by atoms with E-state index in [-0.39, 0.29) is 18.6 Å². The van der Waals surface area contributed by atoms with Gasteiger partial charge in [-0.2, -0.15) is 18.3 Å². The van der Waals surface area contributed by atoms with Crippen LogP contribution in [0, 0.1) is 0 Å². The van der Waals surface area contributed by atoms with Gasteiger partial charge in [-0.1, -0.05) is 37.3 Å². The minimum absolute atomic E-state index is 0.117. The van der Waals surface area contributed by atoms with Crippen molar-refractivity contribution in [3.05, 3.63) is 65.7 Å². The summed E-state index contributed by atoms with van der Waals surface area (Å²) in [6.07, 6.45) is -3.72. The van der Waals surface area contributed by atoms with E-state index in [0.717, 1.165) is 34.8 Å². The zero-order valence-electron chi connectivity index (χ0n) is 20.0. The normalized spacial score (nSPS) is 12.4. The lowest BCUT2D eigenvalue weighted by Gasteiger charge is -2.30. The highest BCUT2D eigenvalue weighted by Gasteiger charge is 2.30. The summed E-state index contributed by atoms with van der Waals surface area (Å²) >= 11 is 0. The van der Waals surface area contributed by atoms with E-state index in [1.807, 2.05) is 70.2 Å². The average Bonchev–Trinajstić information content (AvgIpc) is 3.13. The second kappa shape index (κ2) is 10.2. The van der Waals surface area contributed by atoms with Gasteiger partial charge in [0.15, 0.2) is 0 Å². The number of urea groups is 1. The molecule has 0 spiro atoms. The quantitative estimate of drug-likeness (QED) is 0.458. The van der Waals surface area contributed by atoms with Crippen LogP contribution >= 0.6 is 0 Å². The summed E-state index contributed by atoms with van der Waals surface area (Å²) in [5, 5.41) is 7.48. The summed E-state index contributed by atoms with van der Waals surface area (Å²) in [5.41, 5.74) is 2.15. The van der Waals surface area contributed by atoms with Crippen LogP contribution in [0.4, 0.5) is 29.5 Å².